The van der Waals surface area contributed by atoms with Crippen molar-refractivity contribution < 1.29 is 32.6 Å². The van der Waals surface area contributed by atoms with Crippen LogP contribution in [0.1, 0.15) is 30.0 Å². The number of amidine groups is 1. The predicted octanol–water partition coefficient (Wildman–Crippen LogP) is 2.76. The molecule has 2 aliphatic rings. The molecule has 9 nitrogen and oxygen atoms in total. The number of halogens is 3. The number of carbonyl (C=O) groups excluding carboxylic acids is 1. The first-order valence-corrected chi connectivity index (χ1v) is 12.9. The number of hydrogen-bond donors (Lipinski definition) is 2. The van der Waals surface area contributed by atoms with Gasteiger partial charge in [0.2, 0.25) is 0 Å². The van der Waals surface area contributed by atoms with E-state index >= 15 is 0 Å². The fraction of sp³-hybridized carbons (Fsp3) is 0.440. The average molecular weight is 552 g/mol. The number of aliphatic imine (C=N–C) groups is 1. The van der Waals surface area contributed by atoms with Gasteiger partial charge in [-0.15, -0.1) is 11.3 Å². The summed E-state index contributed by atoms with van der Waals surface area (Å²) in [4.78, 5) is 36.6. The summed E-state index contributed by atoms with van der Waals surface area (Å²) in [7, 11) is 1.64. The van der Waals surface area contributed by atoms with Gasteiger partial charge in [0.15, 0.2) is 10.8 Å². The van der Waals surface area contributed by atoms with Crippen molar-refractivity contribution in [3.05, 3.63) is 63.3 Å². The van der Waals surface area contributed by atoms with E-state index in [1.807, 2.05) is 4.90 Å². The number of carboxylic acids is 1. The second-order valence-electron chi connectivity index (χ2n) is 9.13. The predicted molar refractivity (Wildman–Crippen MR) is 135 cm³/mol. The Morgan fingerprint density at radius 2 is 2.13 bits per heavy atom. The number of aromatic nitrogens is 1. The lowest BCUT2D eigenvalue weighted by Crippen LogP contribution is -2.44. The van der Waals surface area contributed by atoms with Crippen molar-refractivity contribution in [2.75, 3.05) is 39.8 Å². The van der Waals surface area contributed by atoms with Crippen LogP contribution in [0, 0.1) is 11.6 Å². The maximum Gasteiger partial charge on any atom is 0.338 e. The Morgan fingerprint density at radius 3 is 2.79 bits per heavy atom. The minimum Gasteiger partial charge on any atom is -0.480 e. The molecule has 1 fully saturated rings. The van der Waals surface area contributed by atoms with Gasteiger partial charge in [0.25, 0.3) is 0 Å². The molecule has 1 aromatic carbocycles. The van der Waals surface area contributed by atoms with Crippen LogP contribution in [0.2, 0.25) is 0 Å². The van der Waals surface area contributed by atoms with Gasteiger partial charge in [0.1, 0.15) is 23.8 Å². The Morgan fingerprint density at radius 1 is 1.34 bits per heavy atom. The number of carbonyl (C=O) groups is 2. The summed E-state index contributed by atoms with van der Waals surface area (Å²) in [6.07, 6.45) is 0.616. The summed E-state index contributed by atoms with van der Waals surface area (Å²) in [6.45, 7) is 1.89. The molecule has 204 valence electrons. The molecule has 3 heterocycles. The fourth-order valence-corrected chi connectivity index (χ4v) is 5.32. The molecular formula is C25H28F3N5O4S. The van der Waals surface area contributed by atoms with E-state index in [4.69, 9.17) is 9.84 Å². The van der Waals surface area contributed by atoms with Gasteiger partial charge < -0.3 is 15.2 Å². The van der Waals surface area contributed by atoms with Crippen LogP contribution >= 0.6 is 11.3 Å². The zero-order valence-electron chi connectivity index (χ0n) is 20.9. The monoisotopic (exact) mass is 551 g/mol. The van der Waals surface area contributed by atoms with Crippen molar-refractivity contribution in [1.29, 1.82) is 0 Å². The van der Waals surface area contributed by atoms with Crippen molar-refractivity contribution in [2.24, 2.45) is 4.99 Å². The summed E-state index contributed by atoms with van der Waals surface area (Å²) in [5.74, 6) is -3.10. The van der Waals surface area contributed by atoms with E-state index in [-0.39, 0.29) is 62.2 Å². The van der Waals surface area contributed by atoms with Gasteiger partial charge in [0, 0.05) is 54.6 Å². The molecular weight excluding hydrogens is 523 g/mol. The van der Waals surface area contributed by atoms with Crippen molar-refractivity contribution in [3.63, 3.8) is 0 Å². The van der Waals surface area contributed by atoms with E-state index in [0.29, 0.717) is 10.7 Å². The van der Waals surface area contributed by atoms with Crippen LogP contribution in [0.15, 0.2) is 46.0 Å². The molecule has 0 saturated carbocycles. The topological polar surface area (TPSA) is 107 Å². The number of benzene rings is 1. The van der Waals surface area contributed by atoms with Gasteiger partial charge in [-0.2, -0.15) is 0 Å². The number of nitrogens with zero attached hydrogens (tertiary/aromatic N) is 4. The maximum atomic E-state index is 15.0. The highest BCUT2D eigenvalue weighted by Gasteiger charge is 2.38. The lowest BCUT2D eigenvalue weighted by Gasteiger charge is -2.32. The number of esters is 1. The molecule has 0 bridgehead atoms. The van der Waals surface area contributed by atoms with Gasteiger partial charge in [-0.25, -0.2) is 22.9 Å². The number of hydrogen-bond acceptors (Lipinski definition) is 9. The number of ether oxygens (including phenoxy) is 1. The second-order valence-corrected chi connectivity index (χ2v) is 10.0. The van der Waals surface area contributed by atoms with Crippen LogP contribution in [-0.4, -0.2) is 89.7 Å². The highest BCUT2D eigenvalue weighted by molar-refractivity contribution is 7.11. The third-order valence-corrected chi connectivity index (χ3v) is 7.06. The summed E-state index contributed by atoms with van der Waals surface area (Å²) < 4.78 is 48.6. The summed E-state index contributed by atoms with van der Waals surface area (Å²) >= 11 is 1.28. The molecule has 0 spiro atoms. The van der Waals surface area contributed by atoms with E-state index in [1.54, 1.807) is 30.4 Å². The highest BCUT2D eigenvalue weighted by atomic mass is 32.1. The van der Waals surface area contributed by atoms with Crippen LogP contribution < -0.4 is 5.32 Å². The minimum absolute atomic E-state index is 0.0231. The van der Waals surface area contributed by atoms with E-state index in [0.717, 1.165) is 12.1 Å². The second kappa shape index (κ2) is 12.0. The zero-order chi connectivity index (χ0) is 27.4. The molecule has 2 N–H and O–H groups in total. The van der Waals surface area contributed by atoms with Crippen LogP contribution in [0.5, 0.6) is 0 Å². The standard InChI is InChI=1S/C25H28F3N5O4S/c1-3-37-25(36)21-19(12-33-10-15(27)8-16(33)11-32(2)13-20(34)35)30-23(24-29-6-7-38-24)31-22(21)17-5-4-14(26)9-18(17)28/h4-7,9,15-16,22H,3,8,10-13H2,1-2H3,(H,30,31)(H,34,35)/t15?,16?,22-/m0/s1. The van der Waals surface area contributed by atoms with Gasteiger partial charge in [-0.05, 0) is 26.5 Å². The summed E-state index contributed by atoms with van der Waals surface area (Å²) in [5, 5.41) is 14.5. The van der Waals surface area contributed by atoms with E-state index in [9.17, 15) is 22.8 Å². The molecule has 2 aromatic rings. The van der Waals surface area contributed by atoms with Crippen LogP contribution in [0.25, 0.3) is 0 Å². The van der Waals surface area contributed by atoms with Crippen molar-refractivity contribution in [2.45, 2.75) is 31.6 Å². The molecule has 13 heteroatoms. The number of alkyl halides is 1. The van der Waals surface area contributed by atoms with E-state index < -0.39 is 35.8 Å². The largest absolute Gasteiger partial charge is 0.480 e. The third kappa shape index (κ3) is 6.40. The number of likely N-dealkylation sites (N-methyl/N-ethyl adjacent to an activating group) is 1. The molecule has 2 aliphatic heterocycles. The van der Waals surface area contributed by atoms with Gasteiger partial charge in [0.05, 0.1) is 18.7 Å². The molecule has 0 aliphatic carbocycles. The van der Waals surface area contributed by atoms with Crippen molar-refractivity contribution >= 4 is 29.1 Å². The quantitative estimate of drug-likeness (QED) is 0.435. The third-order valence-electron chi connectivity index (χ3n) is 6.28. The van der Waals surface area contributed by atoms with Crippen LogP contribution in [-0.2, 0) is 14.3 Å². The first kappa shape index (κ1) is 27.7. The van der Waals surface area contributed by atoms with Gasteiger partial charge in [-0.1, -0.05) is 6.07 Å². The molecule has 1 aromatic heterocycles. The molecule has 1 saturated heterocycles. The first-order valence-electron chi connectivity index (χ1n) is 12.0. The summed E-state index contributed by atoms with van der Waals surface area (Å²) in [5.41, 5.74) is 0.333. The van der Waals surface area contributed by atoms with E-state index in [2.05, 4.69) is 15.3 Å². The average Bonchev–Trinajstić information content (AvgIpc) is 3.48. The Hall–Kier alpha value is -3.29. The van der Waals surface area contributed by atoms with Crippen LogP contribution in [0.3, 0.4) is 0 Å². The van der Waals surface area contributed by atoms with Crippen molar-refractivity contribution in [1.82, 2.24) is 20.1 Å². The van der Waals surface area contributed by atoms with Crippen molar-refractivity contribution in [3.8, 4) is 0 Å². The maximum absolute atomic E-state index is 15.0. The Bertz CT molecular complexity index is 1240. The minimum atomic E-state index is -1.17. The number of aliphatic carboxylic acids is 1. The van der Waals surface area contributed by atoms with E-state index in [1.165, 1.54) is 17.4 Å². The number of rotatable bonds is 10. The molecule has 4 rings (SSSR count). The Kier molecular flexibility index (Phi) is 8.80. The number of likely N-dealkylation sites (tertiary alicyclic amines) is 1. The normalized spacial score (nSPS) is 21.9. The van der Waals surface area contributed by atoms with Gasteiger partial charge in [-0.3, -0.25) is 19.6 Å². The zero-order valence-corrected chi connectivity index (χ0v) is 21.7. The lowest BCUT2D eigenvalue weighted by atomic mass is 9.94. The molecule has 0 amide bonds. The first-order chi connectivity index (χ1) is 18.2. The lowest BCUT2D eigenvalue weighted by molar-refractivity contribution is -0.139. The number of carboxylic acid groups (broad SMARTS) is 1. The Balaban J connectivity index is 1.75. The number of nitrogens with one attached hydrogen (secondary N) is 1. The van der Waals surface area contributed by atoms with Gasteiger partial charge >= 0.3 is 11.9 Å². The molecule has 3 atom stereocenters. The molecule has 0 radical (unpaired) electrons. The number of thiazole rings is 1. The highest BCUT2D eigenvalue weighted by Crippen LogP contribution is 2.35. The fourth-order valence-electron chi connectivity index (χ4n) is 4.73. The SMILES string of the molecule is CCOC(=O)C1=C(CN2CC(F)CC2CN(C)CC(=O)O)NC(c2nccs2)=N[C@H]1c1ccc(F)cc1F. The Labute approximate surface area is 221 Å². The molecule has 38 heavy (non-hydrogen) atoms. The smallest absolute Gasteiger partial charge is 0.338 e. The van der Waals surface area contributed by atoms with Crippen LogP contribution in [0.4, 0.5) is 13.2 Å². The summed E-state index contributed by atoms with van der Waals surface area (Å²) in [6, 6.07) is 1.54. The molecule has 2 unspecified atom stereocenters.